The standard InChI is InChI=1S/C28H25N3OS/c1-19-16-20(2)27(21(3)17-19)33-29-22-14-15-26-25(18-22)28(32)31(24-12-8-5-9-13-24)30(26)23-10-6-4-7-11-23/h4-18,29H,1-3H3. The fourth-order valence-corrected chi connectivity index (χ4v) is 5.12. The summed E-state index contributed by atoms with van der Waals surface area (Å²) < 4.78 is 7.17. The van der Waals surface area contributed by atoms with Crippen LogP contribution in [0.4, 0.5) is 5.69 Å². The Morgan fingerprint density at radius 3 is 1.88 bits per heavy atom. The monoisotopic (exact) mass is 451 g/mol. The third-order valence-corrected chi connectivity index (χ3v) is 6.91. The molecule has 0 aliphatic carbocycles. The Morgan fingerprint density at radius 2 is 1.27 bits per heavy atom. The lowest BCUT2D eigenvalue weighted by Gasteiger charge is -2.13. The maximum absolute atomic E-state index is 13.6. The summed E-state index contributed by atoms with van der Waals surface area (Å²) in [4.78, 5) is 14.8. The number of hydrogen-bond acceptors (Lipinski definition) is 3. The van der Waals surface area contributed by atoms with Gasteiger partial charge in [0.2, 0.25) is 0 Å². The van der Waals surface area contributed by atoms with Crippen LogP contribution in [0.1, 0.15) is 16.7 Å². The topological polar surface area (TPSA) is 39.0 Å². The van der Waals surface area contributed by atoms with Crippen molar-refractivity contribution in [1.82, 2.24) is 9.36 Å². The van der Waals surface area contributed by atoms with E-state index in [2.05, 4.69) is 37.6 Å². The molecule has 0 saturated heterocycles. The summed E-state index contributed by atoms with van der Waals surface area (Å²) in [7, 11) is 0. The van der Waals surface area contributed by atoms with Crippen molar-refractivity contribution >= 4 is 28.5 Å². The molecule has 0 fully saturated rings. The van der Waals surface area contributed by atoms with Crippen molar-refractivity contribution in [1.29, 1.82) is 0 Å². The second kappa shape index (κ2) is 8.68. The van der Waals surface area contributed by atoms with Crippen molar-refractivity contribution in [3.05, 3.63) is 118 Å². The smallest absolute Gasteiger partial charge is 0.279 e. The molecular formula is C28H25N3OS. The Balaban J connectivity index is 1.61. The SMILES string of the molecule is Cc1cc(C)c(SNc2ccc3c(c2)c(=O)n(-c2ccccc2)n3-c2ccccc2)c(C)c1. The average molecular weight is 452 g/mol. The molecule has 0 radical (unpaired) electrons. The minimum Gasteiger partial charge on any atom is -0.326 e. The van der Waals surface area contributed by atoms with Crippen LogP contribution in [0.3, 0.4) is 0 Å². The normalized spacial score (nSPS) is 11.1. The number of aryl methyl sites for hydroxylation is 3. The minimum atomic E-state index is -0.0450. The van der Waals surface area contributed by atoms with E-state index >= 15 is 0 Å². The molecule has 0 unspecified atom stereocenters. The van der Waals surface area contributed by atoms with Crippen molar-refractivity contribution in [2.45, 2.75) is 25.7 Å². The molecule has 33 heavy (non-hydrogen) atoms. The summed E-state index contributed by atoms with van der Waals surface area (Å²) in [5.74, 6) is 0. The first-order valence-electron chi connectivity index (χ1n) is 10.9. The third kappa shape index (κ3) is 3.96. The predicted molar refractivity (Wildman–Crippen MR) is 139 cm³/mol. The van der Waals surface area contributed by atoms with Gasteiger partial charge in [0.05, 0.1) is 22.3 Å². The number of benzene rings is 4. The van der Waals surface area contributed by atoms with Crippen LogP contribution in [0.2, 0.25) is 0 Å². The van der Waals surface area contributed by atoms with E-state index < -0.39 is 0 Å². The summed E-state index contributed by atoms with van der Waals surface area (Å²) in [6, 6.07) is 30.1. The molecule has 5 aromatic rings. The molecule has 0 spiro atoms. The molecule has 1 aromatic heterocycles. The van der Waals surface area contributed by atoms with Crippen LogP contribution in [0.25, 0.3) is 22.3 Å². The summed E-state index contributed by atoms with van der Waals surface area (Å²) in [6.45, 7) is 6.38. The van der Waals surface area contributed by atoms with Gasteiger partial charge in [-0.1, -0.05) is 54.1 Å². The van der Waals surface area contributed by atoms with Gasteiger partial charge in [-0.05, 0) is 86.3 Å². The molecule has 4 nitrogen and oxygen atoms in total. The van der Waals surface area contributed by atoms with E-state index in [0.717, 1.165) is 22.6 Å². The van der Waals surface area contributed by atoms with Crippen LogP contribution in [0, 0.1) is 20.8 Å². The lowest BCUT2D eigenvalue weighted by molar-refractivity contribution is 0.742. The van der Waals surface area contributed by atoms with Crippen LogP contribution in [-0.4, -0.2) is 9.36 Å². The van der Waals surface area contributed by atoms with Gasteiger partial charge in [0.1, 0.15) is 0 Å². The first kappa shape index (κ1) is 21.2. The molecule has 1 N–H and O–H groups in total. The predicted octanol–water partition coefficient (Wildman–Crippen LogP) is 6.83. The van der Waals surface area contributed by atoms with E-state index in [0.29, 0.717) is 5.39 Å². The Kier molecular flexibility index (Phi) is 5.56. The van der Waals surface area contributed by atoms with Crippen molar-refractivity contribution in [2.24, 2.45) is 0 Å². The van der Waals surface area contributed by atoms with E-state index in [-0.39, 0.29) is 5.56 Å². The van der Waals surface area contributed by atoms with Gasteiger partial charge in [-0.3, -0.25) is 4.79 Å². The van der Waals surface area contributed by atoms with Gasteiger partial charge in [-0.15, -0.1) is 0 Å². The van der Waals surface area contributed by atoms with Gasteiger partial charge in [0.25, 0.3) is 5.56 Å². The van der Waals surface area contributed by atoms with Crippen molar-refractivity contribution < 1.29 is 0 Å². The molecule has 4 aromatic carbocycles. The van der Waals surface area contributed by atoms with Gasteiger partial charge < -0.3 is 4.72 Å². The van der Waals surface area contributed by atoms with E-state index in [1.807, 2.05) is 83.5 Å². The van der Waals surface area contributed by atoms with Gasteiger partial charge in [-0.25, -0.2) is 9.36 Å². The maximum atomic E-state index is 13.6. The Morgan fingerprint density at radius 1 is 0.697 bits per heavy atom. The van der Waals surface area contributed by atoms with Crippen LogP contribution < -0.4 is 10.3 Å². The molecule has 164 valence electrons. The quantitative estimate of drug-likeness (QED) is 0.298. The molecule has 0 amide bonds. The minimum absolute atomic E-state index is 0.0450. The molecule has 5 rings (SSSR count). The Hall–Kier alpha value is -3.70. The first-order chi connectivity index (χ1) is 16.0. The fourth-order valence-electron chi connectivity index (χ4n) is 4.33. The average Bonchev–Trinajstić information content (AvgIpc) is 3.11. The van der Waals surface area contributed by atoms with Crippen LogP contribution in [0.15, 0.2) is 101 Å². The largest absolute Gasteiger partial charge is 0.326 e. The second-order valence-electron chi connectivity index (χ2n) is 8.26. The zero-order valence-corrected chi connectivity index (χ0v) is 19.7. The highest BCUT2D eigenvalue weighted by Gasteiger charge is 2.17. The Bertz CT molecular complexity index is 1480. The maximum Gasteiger partial charge on any atom is 0.279 e. The number of nitrogens with zero attached hydrogens (tertiary/aromatic N) is 2. The van der Waals surface area contributed by atoms with Crippen molar-refractivity contribution in [3.63, 3.8) is 0 Å². The lowest BCUT2D eigenvalue weighted by atomic mass is 10.1. The third-order valence-electron chi connectivity index (χ3n) is 5.72. The van der Waals surface area contributed by atoms with Crippen LogP contribution in [0.5, 0.6) is 0 Å². The second-order valence-corrected chi connectivity index (χ2v) is 9.08. The number of fused-ring (bicyclic) bond motifs is 1. The summed E-state index contributed by atoms with van der Waals surface area (Å²) >= 11 is 1.59. The molecule has 5 heteroatoms. The number of para-hydroxylation sites is 2. The van der Waals surface area contributed by atoms with E-state index in [1.165, 1.54) is 21.6 Å². The summed E-state index contributed by atoms with van der Waals surface area (Å²) in [5.41, 5.74) is 7.24. The molecular weight excluding hydrogens is 426 g/mol. The Labute approximate surface area is 197 Å². The lowest BCUT2D eigenvalue weighted by Crippen LogP contribution is -2.20. The molecule has 1 heterocycles. The van der Waals surface area contributed by atoms with Gasteiger partial charge in [-0.2, -0.15) is 0 Å². The van der Waals surface area contributed by atoms with E-state index in [4.69, 9.17) is 0 Å². The first-order valence-corrected chi connectivity index (χ1v) is 11.7. The molecule has 0 aliphatic rings. The summed E-state index contributed by atoms with van der Waals surface area (Å²) in [6.07, 6.45) is 0. The molecule has 0 saturated carbocycles. The number of nitrogens with one attached hydrogen (secondary N) is 1. The molecule has 0 bridgehead atoms. The van der Waals surface area contributed by atoms with Gasteiger partial charge in [0, 0.05) is 10.6 Å². The fraction of sp³-hybridized carbons (Fsp3) is 0.107. The molecule has 0 atom stereocenters. The van der Waals surface area contributed by atoms with E-state index in [9.17, 15) is 4.79 Å². The highest BCUT2D eigenvalue weighted by Crippen LogP contribution is 2.30. The number of hydrogen-bond donors (Lipinski definition) is 1. The van der Waals surface area contributed by atoms with E-state index in [1.54, 1.807) is 16.6 Å². The molecule has 0 aliphatic heterocycles. The summed E-state index contributed by atoms with van der Waals surface area (Å²) in [5, 5.41) is 0.672. The van der Waals surface area contributed by atoms with Gasteiger partial charge in [0.15, 0.2) is 0 Å². The van der Waals surface area contributed by atoms with Crippen LogP contribution >= 0.6 is 11.9 Å². The van der Waals surface area contributed by atoms with Crippen molar-refractivity contribution in [3.8, 4) is 11.4 Å². The number of aromatic nitrogens is 2. The highest BCUT2D eigenvalue weighted by molar-refractivity contribution is 8.00. The van der Waals surface area contributed by atoms with Gasteiger partial charge >= 0.3 is 0 Å². The van der Waals surface area contributed by atoms with Crippen LogP contribution in [-0.2, 0) is 0 Å². The number of anilines is 1. The number of rotatable bonds is 5. The zero-order valence-electron chi connectivity index (χ0n) is 18.9. The van der Waals surface area contributed by atoms with Crippen molar-refractivity contribution in [2.75, 3.05) is 4.72 Å². The highest BCUT2D eigenvalue weighted by atomic mass is 32.2. The zero-order chi connectivity index (χ0) is 22.9.